The van der Waals surface area contributed by atoms with Gasteiger partial charge in [0.2, 0.25) is 0 Å². The third-order valence-corrected chi connectivity index (χ3v) is 3.93. The molecule has 0 aromatic carbocycles. The molecule has 1 amide bonds. The molecule has 19 heavy (non-hydrogen) atoms. The summed E-state index contributed by atoms with van der Waals surface area (Å²) >= 11 is 1.61. The van der Waals surface area contributed by atoms with Crippen LogP contribution in [0.15, 0.2) is 21.9 Å². The van der Waals surface area contributed by atoms with Crippen molar-refractivity contribution < 1.29 is 4.79 Å². The van der Waals surface area contributed by atoms with Gasteiger partial charge in [0.05, 0.1) is 12.8 Å². The molecule has 1 saturated heterocycles. The minimum Gasteiger partial charge on any atom is -0.301 e. The Kier molecular flexibility index (Phi) is 5.50. The van der Waals surface area contributed by atoms with Crippen molar-refractivity contribution in [2.45, 2.75) is 6.92 Å². The highest BCUT2D eigenvalue weighted by Crippen LogP contribution is 2.02. The number of hydrogen-bond acceptors (Lipinski definition) is 5. The van der Waals surface area contributed by atoms with E-state index in [-0.39, 0.29) is 5.91 Å². The van der Waals surface area contributed by atoms with Crippen molar-refractivity contribution in [3.05, 3.63) is 22.4 Å². The lowest BCUT2D eigenvalue weighted by molar-refractivity contribution is -0.122. The van der Waals surface area contributed by atoms with Gasteiger partial charge in [-0.25, -0.2) is 5.43 Å². The lowest BCUT2D eigenvalue weighted by Crippen LogP contribution is -2.48. The summed E-state index contributed by atoms with van der Waals surface area (Å²) in [6.45, 7) is 7.68. The van der Waals surface area contributed by atoms with E-state index in [1.807, 2.05) is 16.8 Å². The van der Waals surface area contributed by atoms with E-state index in [1.165, 1.54) is 0 Å². The summed E-state index contributed by atoms with van der Waals surface area (Å²) in [6, 6.07) is 1.96. The van der Waals surface area contributed by atoms with Crippen LogP contribution in [0.1, 0.15) is 12.5 Å². The number of nitrogens with one attached hydrogen (secondary N) is 1. The molecule has 0 atom stereocenters. The number of carbonyl (C=O) groups excluding carboxylic acids is 1. The molecule has 1 aromatic heterocycles. The van der Waals surface area contributed by atoms with Crippen molar-refractivity contribution in [3.63, 3.8) is 0 Å². The largest absolute Gasteiger partial charge is 0.301 e. The van der Waals surface area contributed by atoms with E-state index >= 15 is 0 Å². The Labute approximate surface area is 117 Å². The second-order valence-electron chi connectivity index (χ2n) is 4.56. The summed E-state index contributed by atoms with van der Waals surface area (Å²) < 4.78 is 0. The Morgan fingerprint density at radius 3 is 2.79 bits per heavy atom. The first kappa shape index (κ1) is 14.2. The fourth-order valence-electron chi connectivity index (χ4n) is 2.03. The first-order valence-corrected chi connectivity index (χ1v) is 7.51. The molecular weight excluding hydrogens is 260 g/mol. The molecule has 1 aliphatic heterocycles. The number of nitrogens with zero attached hydrogens (tertiary/aromatic N) is 3. The molecule has 0 radical (unpaired) electrons. The van der Waals surface area contributed by atoms with Crippen LogP contribution in [0.25, 0.3) is 0 Å². The molecular formula is C13H20N4OS. The zero-order valence-corrected chi connectivity index (χ0v) is 12.0. The second kappa shape index (κ2) is 7.37. The first-order valence-electron chi connectivity index (χ1n) is 6.56. The van der Waals surface area contributed by atoms with E-state index in [0.717, 1.165) is 38.3 Å². The van der Waals surface area contributed by atoms with Crippen LogP contribution in [0.5, 0.6) is 0 Å². The zero-order chi connectivity index (χ0) is 13.5. The third kappa shape index (κ3) is 4.74. The number of hydrogen-bond donors (Lipinski definition) is 1. The van der Waals surface area contributed by atoms with Gasteiger partial charge in [0.15, 0.2) is 0 Å². The number of thiophene rings is 1. The van der Waals surface area contributed by atoms with Crippen LogP contribution in [0.3, 0.4) is 0 Å². The van der Waals surface area contributed by atoms with Gasteiger partial charge in [-0.1, -0.05) is 6.92 Å². The maximum Gasteiger partial charge on any atom is 0.254 e. The van der Waals surface area contributed by atoms with Crippen molar-refractivity contribution in [2.24, 2.45) is 5.10 Å². The van der Waals surface area contributed by atoms with Crippen molar-refractivity contribution in [1.29, 1.82) is 0 Å². The molecule has 0 aliphatic carbocycles. The molecule has 0 bridgehead atoms. The van der Waals surface area contributed by atoms with Gasteiger partial charge in [-0.3, -0.25) is 9.69 Å². The highest BCUT2D eigenvalue weighted by atomic mass is 32.1. The number of rotatable bonds is 5. The van der Waals surface area contributed by atoms with Crippen LogP contribution < -0.4 is 5.43 Å². The molecule has 0 saturated carbocycles. The Morgan fingerprint density at radius 1 is 1.42 bits per heavy atom. The van der Waals surface area contributed by atoms with Gasteiger partial charge in [0, 0.05) is 31.7 Å². The Hall–Kier alpha value is -1.24. The summed E-state index contributed by atoms with van der Waals surface area (Å²) in [6.07, 6.45) is 1.67. The number of likely N-dealkylation sites (N-methyl/N-ethyl adjacent to an activating group) is 1. The van der Waals surface area contributed by atoms with Gasteiger partial charge in [0.25, 0.3) is 5.91 Å². The number of piperazine rings is 1. The quantitative estimate of drug-likeness (QED) is 0.642. The maximum absolute atomic E-state index is 11.7. The van der Waals surface area contributed by atoms with Crippen LogP contribution in [-0.4, -0.2) is 61.2 Å². The van der Waals surface area contributed by atoms with E-state index in [2.05, 4.69) is 27.3 Å². The normalized spacial score (nSPS) is 17.9. The highest BCUT2D eigenvalue weighted by molar-refractivity contribution is 7.08. The third-order valence-electron chi connectivity index (χ3n) is 3.23. The second-order valence-corrected chi connectivity index (χ2v) is 5.34. The van der Waals surface area contributed by atoms with E-state index in [4.69, 9.17) is 0 Å². The summed E-state index contributed by atoms with van der Waals surface area (Å²) in [5.74, 6) is -0.0450. The first-order chi connectivity index (χ1) is 9.28. The minimum absolute atomic E-state index is 0.0450. The predicted octanol–water partition coefficient (Wildman–Crippen LogP) is 0.836. The minimum atomic E-state index is -0.0450. The Morgan fingerprint density at radius 2 is 2.16 bits per heavy atom. The number of hydrazone groups is 1. The summed E-state index contributed by atoms with van der Waals surface area (Å²) in [5.41, 5.74) is 3.59. The highest BCUT2D eigenvalue weighted by Gasteiger charge is 2.17. The smallest absolute Gasteiger partial charge is 0.254 e. The number of carbonyl (C=O) groups is 1. The van der Waals surface area contributed by atoms with Gasteiger partial charge in [-0.05, 0) is 23.4 Å². The molecule has 1 aliphatic rings. The summed E-state index contributed by atoms with van der Waals surface area (Å²) in [5, 5.41) is 7.92. The lowest BCUT2D eigenvalue weighted by atomic mass is 10.3. The van der Waals surface area contributed by atoms with Gasteiger partial charge in [-0.15, -0.1) is 0 Å². The molecule has 1 N–H and O–H groups in total. The molecule has 0 spiro atoms. The molecule has 104 valence electrons. The molecule has 1 fully saturated rings. The predicted molar refractivity (Wildman–Crippen MR) is 78.6 cm³/mol. The van der Waals surface area contributed by atoms with Crippen LogP contribution in [0, 0.1) is 0 Å². The molecule has 5 nitrogen and oxygen atoms in total. The van der Waals surface area contributed by atoms with E-state index in [0.29, 0.717) is 6.54 Å². The monoisotopic (exact) mass is 280 g/mol. The van der Waals surface area contributed by atoms with E-state index in [9.17, 15) is 4.79 Å². The summed E-state index contributed by atoms with van der Waals surface area (Å²) in [4.78, 5) is 16.3. The summed E-state index contributed by atoms with van der Waals surface area (Å²) in [7, 11) is 0. The molecule has 2 heterocycles. The molecule has 2 rings (SSSR count). The Balaban J connectivity index is 1.67. The van der Waals surface area contributed by atoms with Crippen molar-refractivity contribution in [2.75, 3.05) is 39.3 Å². The van der Waals surface area contributed by atoms with Gasteiger partial charge >= 0.3 is 0 Å². The van der Waals surface area contributed by atoms with Crippen LogP contribution >= 0.6 is 11.3 Å². The number of amides is 1. The fourth-order valence-corrected chi connectivity index (χ4v) is 2.64. The van der Waals surface area contributed by atoms with Crippen LogP contribution in [-0.2, 0) is 4.79 Å². The van der Waals surface area contributed by atoms with Gasteiger partial charge in [0.1, 0.15) is 0 Å². The standard InChI is InChI=1S/C13H20N4OS/c1-2-16-4-6-17(7-5-16)10-13(18)15-14-9-12-3-8-19-11-12/h3,8-9,11H,2,4-7,10H2,1H3,(H,15,18)/b14-9+. The molecule has 1 aromatic rings. The Bertz CT molecular complexity index is 410. The average Bonchev–Trinajstić information content (AvgIpc) is 2.93. The van der Waals surface area contributed by atoms with Crippen molar-refractivity contribution in [1.82, 2.24) is 15.2 Å². The fraction of sp³-hybridized carbons (Fsp3) is 0.538. The lowest BCUT2D eigenvalue weighted by Gasteiger charge is -2.33. The zero-order valence-electron chi connectivity index (χ0n) is 11.2. The molecule has 0 unspecified atom stereocenters. The molecule has 6 heteroatoms. The van der Waals surface area contributed by atoms with Crippen molar-refractivity contribution in [3.8, 4) is 0 Å². The van der Waals surface area contributed by atoms with E-state index in [1.54, 1.807) is 17.6 Å². The van der Waals surface area contributed by atoms with Crippen LogP contribution in [0.2, 0.25) is 0 Å². The van der Waals surface area contributed by atoms with E-state index < -0.39 is 0 Å². The SMILES string of the molecule is CCN1CCN(CC(=O)N/N=C/c2ccsc2)CC1. The van der Waals surface area contributed by atoms with Crippen LogP contribution in [0.4, 0.5) is 0 Å². The van der Waals surface area contributed by atoms with Gasteiger partial charge in [-0.2, -0.15) is 16.4 Å². The maximum atomic E-state index is 11.7. The van der Waals surface area contributed by atoms with Crippen molar-refractivity contribution >= 4 is 23.5 Å². The van der Waals surface area contributed by atoms with Gasteiger partial charge < -0.3 is 4.90 Å². The topological polar surface area (TPSA) is 47.9 Å². The average molecular weight is 280 g/mol.